The summed E-state index contributed by atoms with van der Waals surface area (Å²) >= 11 is 7.37. The fraction of sp³-hybridized carbons (Fsp3) is 0.167. The molecule has 0 spiro atoms. The number of benzene rings is 1. The lowest BCUT2D eigenvalue weighted by Gasteiger charge is -2.10. The lowest BCUT2D eigenvalue weighted by Crippen LogP contribution is -2.18. The summed E-state index contributed by atoms with van der Waals surface area (Å²) < 4.78 is 10.4. The molecule has 6 nitrogen and oxygen atoms in total. The largest absolute Gasteiger partial charge is 0.493 e. The first-order chi connectivity index (χ1) is 9.60. The molecule has 0 aliphatic carbocycles. The van der Waals surface area contributed by atoms with Gasteiger partial charge in [0.05, 0.1) is 24.9 Å². The normalized spacial score (nSPS) is 10.2. The van der Waals surface area contributed by atoms with E-state index in [4.69, 9.17) is 31.7 Å². The van der Waals surface area contributed by atoms with Crippen LogP contribution in [0.15, 0.2) is 17.5 Å². The maximum atomic E-state index is 8.70. The molecular formula is C12H12ClN3O3S. The van der Waals surface area contributed by atoms with Crippen molar-refractivity contribution in [1.29, 1.82) is 5.41 Å². The van der Waals surface area contributed by atoms with Crippen molar-refractivity contribution < 1.29 is 14.7 Å². The molecule has 0 unspecified atom stereocenters. The quantitative estimate of drug-likeness (QED) is 0.459. The molecule has 2 aromatic rings. The third kappa shape index (κ3) is 2.69. The Labute approximate surface area is 124 Å². The maximum absolute atomic E-state index is 8.70. The van der Waals surface area contributed by atoms with Crippen molar-refractivity contribution >= 4 is 28.8 Å². The Morgan fingerprint density at radius 3 is 2.75 bits per heavy atom. The standard InChI is InChI=1S/C12H12ClN3O3S/c1-18-9-4-6(3-7(13)10(9)19-2)8-5-20-12(15-8)11(14)16-17/h3-5,17H,1-2H3,(H2,14,16). The Morgan fingerprint density at radius 2 is 2.15 bits per heavy atom. The number of aromatic nitrogens is 1. The lowest BCUT2D eigenvalue weighted by atomic mass is 10.1. The summed E-state index contributed by atoms with van der Waals surface area (Å²) in [5.74, 6) is 0.797. The Bertz CT molecular complexity index is 645. The third-order valence-corrected chi connectivity index (χ3v) is 3.70. The van der Waals surface area contributed by atoms with E-state index in [-0.39, 0.29) is 5.84 Å². The van der Waals surface area contributed by atoms with Gasteiger partial charge < -0.3 is 9.47 Å². The molecule has 0 radical (unpaired) electrons. The fourth-order valence-corrected chi connectivity index (χ4v) is 2.65. The predicted molar refractivity (Wildman–Crippen MR) is 77.4 cm³/mol. The van der Waals surface area contributed by atoms with Crippen molar-refractivity contribution in [2.75, 3.05) is 14.2 Å². The Kier molecular flexibility index (Phi) is 4.43. The fourth-order valence-electron chi connectivity index (χ4n) is 1.63. The second-order valence-corrected chi connectivity index (χ2v) is 4.98. The molecule has 0 amide bonds. The molecule has 0 atom stereocenters. The van der Waals surface area contributed by atoms with E-state index in [9.17, 15) is 0 Å². The van der Waals surface area contributed by atoms with Crippen LogP contribution in [0, 0.1) is 5.41 Å². The van der Waals surface area contributed by atoms with Gasteiger partial charge in [-0.15, -0.1) is 11.3 Å². The highest BCUT2D eigenvalue weighted by molar-refractivity contribution is 7.12. The van der Waals surface area contributed by atoms with Crippen LogP contribution in [0.2, 0.25) is 5.02 Å². The topological polar surface area (TPSA) is 87.5 Å². The average molecular weight is 314 g/mol. The van der Waals surface area contributed by atoms with Gasteiger partial charge in [0.25, 0.3) is 0 Å². The van der Waals surface area contributed by atoms with Gasteiger partial charge in [-0.25, -0.2) is 4.98 Å². The van der Waals surface area contributed by atoms with E-state index < -0.39 is 0 Å². The summed E-state index contributed by atoms with van der Waals surface area (Å²) in [5, 5.41) is 18.7. The van der Waals surface area contributed by atoms with Crippen molar-refractivity contribution in [3.63, 3.8) is 0 Å². The number of hydrogen-bond acceptors (Lipinski definition) is 6. The van der Waals surface area contributed by atoms with Crippen molar-refractivity contribution in [1.82, 2.24) is 10.5 Å². The van der Waals surface area contributed by atoms with Gasteiger partial charge in [-0.1, -0.05) is 11.6 Å². The van der Waals surface area contributed by atoms with Crippen LogP contribution < -0.4 is 15.0 Å². The van der Waals surface area contributed by atoms with Gasteiger partial charge in [-0.3, -0.25) is 16.1 Å². The molecule has 8 heteroatoms. The molecule has 1 aromatic carbocycles. The highest BCUT2D eigenvalue weighted by Crippen LogP contribution is 2.39. The summed E-state index contributed by atoms with van der Waals surface area (Å²) in [6.45, 7) is 0. The number of nitrogens with zero attached hydrogens (tertiary/aromatic N) is 1. The minimum absolute atomic E-state index is 0.159. The molecule has 3 N–H and O–H groups in total. The minimum atomic E-state index is -0.159. The Morgan fingerprint density at radius 1 is 1.40 bits per heavy atom. The van der Waals surface area contributed by atoms with Gasteiger partial charge in [-0.2, -0.15) is 0 Å². The number of nitrogens with one attached hydrogen (secondary N) is 2. The van der Waals surface area contributed by atoms with Crippen LogP contribution >= 0.6 is 22.9 Å². The van der Waals surface area contributed by atoms with Crippen LogP contribution in [0.25, 0.3) is 11.3 Å². The third-order valence-electron chi connectivity index (χ3n) is 2.56. The number of rotatable bonds is 4. The molecule has 1 aromatic heterocycles. The van der Waals surface area contributed by atoms with E-state index in [0.29, 0.717) is 27.2 Å². The lowest BCUT2D eigenvalue weighted by molar-refractivity contribution is 0.234. The summed E-state index contributed by atoms with van der Waals surface area (Å²) in [6, 6.07) is 3.46. The van der Waals surface area contributed by atoms with Gasteiger partial charge >= 0.3 is 0 Å². The molecule has 1 heterocycles. The van der Waals surface area contributed by atoms with Gasteiger partial charge in [-0.05, 0) is 12.1 Å². The molecule has 0 saturated heterocycles. The number of methoxy groups -OCH3 is 2. The summed E-state index contributed by atoms with van der Waals surface area (Å²) in [6.07, 6.45) is 0. The van der Waals surface area contributed by atoms with E-state index in [1.807, 2.05) is 0 Å². The van der Waals surface area contributed by atoms with Gasteiger partial charge in [0.1, 0.15) is 0 Å². The molecule has 0 bridgehead atoms. The van der Waals surface area contributed by atoms with Crippen molar-refractivity contribution in [2.24, 2.45) is 0 Å². The zero-order valence-corrected chi connectivity index (χ0v) is 12.3. The Balaban J connectivity index is 2.45. The first kappa shape index (κ1) is 14.6. The van der Waals surface area contributed by atoms with Crippen LogP contribution in [-0.4, -0.2) is 30.2 Å². The zero-order chi connectivity index (χ0) is 14.7. The van der Waals surface area contributed by atoms with E-state index in [2.05, 4.69) is 4.98 Å². The van der Waals surface area contributed by atoms with Crippen molar-refractivity contribution in [3.05, 3.63) is 27.5 Å². The summed E-state index contributed by atoms with van der Waals surface area (Å²) in [5.41, 5.74) is 3.13. The number of thiazole rings is 1. The van der Waals surface area contributed by atoms with Crippen LogP contribution in [-0.2, 0) is 0 Å². The second-order valence-electron chi connectivity index (χ2n) is 3.72. The smallest absolute Gasteiger partial charge is 0.179 e. The van der Waals surface area contributed by atoms with E-state index in [1.54, 1.807) is 23.0 Å². The predicted octanol–water partition coefficient (Wildman–Crippen LogP) is 2.78. The molecule has 0 saturated carbocycles. The highest BCUT2D eigenvalue weighted by Gasteiger charge is 2.14. The zero-order valence-electron chi connectivity index (χ0n) is 10.7. The van der Waals surface area contributed by atoms with Crippen LogP contribution in [0.4, 0.5) is 0 Å². The first-order valence-corrected chi connectivity index (χ1v) is 6.73. The molecule has 20 heavy (non-hydrogen) atoms. The highest BCUT2D eigenvalue weighted by atomic mass is 35.5. The molecule has 2 rings (SSSR count). The van der Waals surface area contributed by atoms with Crippen molar-refractivity contribution in [3.8, 4) is 22.8 Å². The summed E-state index contributed by atoms with van der Waals surface area (Å²) in [7, 11) is 3.04. The minimum Gasteiger partial charge on any atom is -0.493 e. The molecular weight excluding hydrogens is 302 g/mol. The van der Waals surface area contributed by atoms with E-state index >= 15 is 0 Å². The number of halogens is 1. The van der Waals surface area contributed by atoms with Crippen LogP contribution in [0.5, 0.6) is 11.5 Å². The molecule has 0 fully saturated rings. The van der Waals surface area contributed by atoms with Gasteiger partial charge in [0.2, 0.25) is 0 Å². The van der Waals surface area contributed by atoms with Gasteiger partial charge in [0.15, 0.2) is 22.3 Å². The number of hydroxylamine groups is 1. The number of amidine groups is 1. The Hall–Kier alpha value is -1.83. The maximum Gasteiger partial charge on any atom is 0.179 e. The molecule has 106 valence electrons. The second kappa shape index (κ2) is 6.08. The summed E-state index contributed by atoms with van der Waals surface area (Å²) in [4.78, 5) is 4.24. The van der Waals surface area contributed by atoms with Gasteiger partial charge in [0, 0.05) is 10.9 Å². The van der Waals surface area contributed by atoms with E-state index in [0.717, 1.165) is 5.56 Å². The number of hydrogen-bond donors (Lipinski definition) is 3. The molecule has 0 aliphatic rings. The number of ether oxygens (including phenoxy) is 2. The SMILES string of the molecule is COc1cc(-c2csc(C(=N)NO)n2)cc(Cl)c1OC. The van der Waals surface area contributed by atoms with Crippen molar-refractivity contribution in [2.45, 2.75) is 0 Å². The van der Waals surface area contributed by atoms with E-state index in [1.165, 1.54) is 25.6 Å². The first-order valence-electron chi connectivity index (χ1n) is 5.47. The van der Waals surface area contributed by atoms with Crippen LogP contribution in [0.1, 0.15) is 5.01 Å². The molecule has 0 aliphatic heterocycles. The monoisotopic (exact) mass is 313 g/mol. The van der Waals surface area contributed by atoms with Crippen LogP contribution in [0.3, 0.4) is 0 Å². The average Bonchev–Trinajstić information content (AvgIpc) is 2.95.